The molecule has 0 fully saturated rings. The van der Waals surface area contributed by atoms with E-state index in [-0.39, 0.29) is 0 Å². The summed E-state index contributed by atoms with van der Waals surface area (Å²) in [5.74, 6) is 0. The highest BCUT2D eigenvalue weighted by atomic mass is 14.0. The minimum Gasteiger partial charge on any atom is -0.0871 e. The Labute approximate surface area is 131 Å². The average molecular weight is 282 g/mol. The van der Waals surface area contributed by atoms with Gasteiger partial charge >= 0.3 is 0 Å². The first kappa shape index (κ1) is 19.2. The molecule has 0 aliphatic carbocycles. The summed E-state index contributed by atoms with van der Waals surface area (Å²) < 4.78 is 0. The lowest BCUT2D eigenvalue weighted by atomic mass is 10.00. The number of benzene rings is 2. The molecular formula is C21H30. The molecule has 0 amide bonds. The molecule has 0 spiro atoms. The molecule has 0 radical (unpaired) electrons. The maximum atomic E-state index is 2.25. The highest BCUT2D eigenvalue weighted by Crippen LogP contribution is 2.23. The Morgan fingerprint density at radius 3 is 1.95 bits per heavy atom. The second-order valence-electron chi connectivity index (χ2n) is 4.31. The summed E-state index contributed by atoms with van der Waals surface area (Å²) in [7, 11) is 0. The molecule has 0 heterocycles. The number of hydrogen-bond donors (Lipinski definition) is 0. The zero-order valence-electron chi connectivity index (χ0n) is 14.7. The van der Waals surface area contributed by atoms with Crippen LogP contribution in [-0.2, 0) is 0 Å². The lowest BCUT2D eigenvalue weighted by Crippen LogP contribution is -1.82. The molecule has 0 nitrogen and oxygen atoms in total. The molecule has 0 heteroatoms. The first-order valence-electron chi connectivity index (χ1n) is 8.04. The molecule has 114 valence electrons. The quantitative estimate of drug-likeness (QED) is 0.512. The van der Waals surface area contributed by atoms with E-state index in [4.69, 9.17) is 0 Å². The van der Waals surface area contributed by atoms with Crippen molar-refractivity contribution < 1.29 is 0 Å². The van der Waals surface area contributed by atoms with Gasteiger partial charge in [0.05, 0.1) is 0 Å². The summed E-state index contributed by atoms with van der Waals surface area (Å²) in [4.78, 5) is 0. The van der Waals surface area contributed by atoms with E-state index in [1.165, 1.54) is 27.5 Å². The third-order valence-corrected chi connectivity index (χ3v) is 2.99. The van der Waals surface area contributed by atoms with Crippen LogP contribution >= 0.6 is 0 Å². The van der Waals surface area contributed by atoms with Gasteiger partial charge in [-0.2, -0.15) is 0 Å². The summed E-state index contributed by atoms with van der Waals surface area (Å²) >= 11 is 0. The minimum atomic E-state index is 1.27. The van der Waals surface area contributed by atoms with Gasteiger partial charge in [-0.1, -0.05) is 81.8 Å². The van der Waals surface area contributed by atoms with Crippen molar-refractivity contribution in [3.8, 4) is 0 Å². The van der Waals surface area contributed by atoms with Gasteiger partial charge in [0.15, 0.2) is 0 Å². The number of fused-ring (bicyclic) bond motifs is 1. The normalized spacial score (nSPS) is 10.7. The first-order valence-corrected chi connectivity index (χ1v) is 8.04. The second-order valence-corrected chi connectivity index (χ2v) is 4.31. The Bertz CT molecular complexity index is 586. The Morgan fingerprint density at radius 1 is 0.810 bits per heavy atom. The number of allylic oxidation sites excluding steroid dienone is 4. The molecule has 0 aromatic heterocycles. The van der Waals surface area contributed by atoms with E-state index >= 15 is 0 Å². The number of hydrogen-bond acceptors (Lipinski definition) is 0. The van der Waals surface area contributed by atoms with Crippen LogP contribution in [0.4, 0.5) is 0 Å². The van der Waals surface area contributed by atoms with Gasteiger partial charge in [-0.25, -0.2) is 0 Å². The van der Waals surface area contributed by atoms with Crippen LogP contribution in [0.15, 0.2) is 54.6 Å². The fourth-order valence-electron chi connectivity index (χ4n) is 2.08. The first-order chi connectivity index (χ1) is 10.2. The van der Waals surface area contributed by atoms with Crippen molar-refractivity contribution in [2.24, 2.45) is 0 Å². The Hall–Kier alpha value is -1.82. The van der Waals surface area contributed by atoms with E-state index in [1.807, 2.05) is 34.6 Å². The zero-order valence-corrected chi connectivity index (χ0v) is 14.7. The smallest absolute Gasteiger partial charge is 0.0178 e. The number of aryl methyl sites for hydroxylation is 1. The molecule has 0 atom stereocenters. The van der Waals surface area contributed by atoms with Crippen LogP contribution < -0.4 is 0 Å². The summed E-state index contributed by atoms with van der Waals surface area (Å²) in [6.45, 7) is 14.3. The molecule has 2 aromatic rings. The topological polar surface area (TPSA) is 0 Å². The van der Waals surface area contributed by atoms with Crippen molar-refractivity contribution in [2.45, 2.75) is 48.5 Å². The van der Waals surface area contributed by atoms with Gasteiger partial charge in [0.2, 0.25) is 0 Å². The Balaban J connectivity index is 0.000000921. The van der Waals surface area contributed by atoms with Crippen LogP contribution in [0.3, 0.4) is 0 Å². The van der Waals surface area contributed by atoms with Crippen LogP contribution in [0.2, 0.25) is 0 Å². The Morgan fingerprint density at radius 2 is 1.38 bits per heavy atom. The minimum absolute atomic E-state index is 1.27. The zero-order chi connectivity index (χ0) is 16.3. The van der Waals surface area contributed by atoms with E-state index in [1.54, 1.807) is 0 Å². The fourth-order valence-corrected chi connectivity index (χ4v) is 2.08. The van der Waals surface area contributed by atoms with Crippen molar-refractivity contribution in [2.75, 3.05) is 0 Å². The van der Waals surface area contributed by atoms with E-state index in [0.717, 1.165) is 0 Å². The van der Waals surface area contributed by atoms with Crippen LogP contribution in [0.25, 0.3) is 16.3 Å². The monoisotopic (exact) mass is 282 g/mol. The summed E-state index contributed by atoms with van der Waals surface area (Å²) in [5.41, 5.74) is 3.86. The van der Waals surface area contributed by atoms with Crippen molar-refractivity contribution in [1.82, 2.24) is 0 Å². The maximum absolute atomic E-state index is 2.25. The van der Waals surface area contributed by atoms with Crippen molar-refractivity contribution >= 4 is 16.3 Å². The molecule has 0 saturated carbocycles. The predicted octanol–water partition coefficient (Wildman–Crippen LogP) is 7.18. The third kappa shape index (κ3) is 5.59. The van der Waals surface area contributed by atoms with Crippen LogP contribution in [0.1, 0.15) is 52.7 Å². The lowest BCUT2D eigenvalue weighted by Gasteiger charge is -2.05. The van der Waals surface area contributed by atoms with E-state index < -0.39 is 0 Å². The fraction of sp³-hybridized carbons (Fsp3) is 0.333. The van der Waals surface area contributed by atoms with E-state index in [2.05, 4.69) is 68.5 Å². The highest BCUT2D eigenvalue weighted by Gasteiger charge is 1.99. The lowest BCUT2D eigenvalue weighted by molar-refractivity contribution is 1.50. The summed E-state index contributed by atoms with van der Waals surface area (Å²) in [6, 6.07) is 13.2. The standard InChI is InChI=1S/C17H18.2C2H6/c1-4-6-14(5-2)16-10-9-15-11-13(3)7-8-17(15)12-16;2*1-2/h4-12H,1-3H3;2*1-2H3/b6-4-,14-5+;;. The molecule has 21 heavy (non-hydrogen) atoms. The van der Waals surface area contributed by atoms with Crippen LogP contribution in [-0.4, -0.2) is 0 Å². The van der Waals surface area contributed by atoms with Gasteiger partial charge in [0.25, 0.3) is 0 Å². The molecule has 0 unspecified atom stereocenters. The van der Waals surface area contributed by atoms with Crippen molar-refractivity contribution in [3.63, 3.8) is 0 Å². The predicted molar refractivity (Wildman–Crippen MR) is 99.8 cm³/mol. The molecule has 2 aromatic carbocycles. The second kappa shape index (κ2) is 10.9. The van der Waals surface area contributed by atoms with Gasteiger partial charge in [-0.3, -0.25) is 0 Å². The van der Waals surface area contributed by atoms with Crippen molar-refractivity contribution in [3.05, 3.63) is 65.8 Å². The molecule has 0 aliphatic rings. The van der Waals surface area contributed by atoms with Gasteiger partial charge in [0.1, 0.15) is 0 Å². The van der Waals surface area contributed by atoms with E-state index in [0.29, 0.717) is 0 Å². The largest absolute Gasteiger partial charge is 0.0871 e. The van der Waals surface area contributed by atoms with Crippen molar-refractivity contribution in [1.29, 1.82) is 0 Å². The molecule has 0 N–H and O–H groups in total. The molecule has 0 aliphatic heterocycles. The van der Waals surface area contributed by atoms with Crippen LogP contribution in [0.5, 0.6) is 0 Å². The maximum Gasteiger partial charge on any atom is -0.0178 e. The summed E-state index contributed by atoms with van der Waals surface area (Å²) in [6.07, 6.45) is 6.37. The number of rotatable bonds is 2. The van der Waals surface area contributed by atoms with Crippen LogP contribution in [0, 0.1) is 6.92 Å². The van der Waals surface area contributed by atoms with Gasteiger partial charge in [-0.15, -0.1) is 0 Å². The molecule has 2 rings (SSSR count). The van der Waals surface area contributed by atoms with Gasteiger partial charge < -0.3 is 0 Å². The third-order valence-electron chi connectivity index (χ3n) is 2.99. The highest BCUT2D eigenvalue weighted by molar-refractivity contribution is 5.88. The van der Waals surface area contributed by atoms with Gasteiger partial charge in [-0.05, 0) is 48.7 Å². The molecular weight excluding hydrogens is 252 g/mol. The molecule has 0 bridgehead atoms. The summed E-state index contributed by atoms with van der Waals surface area (Å²) in [5, 5.41) is 2.61. The SMILES string of the molecule is C/C=C\C(=C/C)c1ccc2cc(C)ccc2c1.CC.CC. The molecule has 0 saturated heterocycles. The van der Waals surface area contributed by atoms with Gasteiger partial charge in [0, 0.05) is 0 Å². The average Bonchev–Trinajstić information content (AvgIpc) is 2.56. The van der Waals surface area contributed by atoms with E-state index in [9.17, 15) is 0 Å². The Kier molecular flexibility index (Phi) is 9.96.